The van der Waals surface area contributed by atoms with Crippen molar-refractivity contribution in [2.75, 3.05) is 7.11 Å². The fourth-order valence-electron chi connectivity index (χ4n) is 2.18. The molecule has 0 heterocycles. The first-order chi connectivity index (χ1) is 9.65. The van der Waals surface area contributed by atoms with Crippen LogP contribution in [0.25, 0.3) is 11.1 Å². The molecule has 2 aromatic rings. The number of ether oxygens (including phenoxy) is 1. The summed E-state index contributed by atoms with van der Waals surface area (Å²) in [6.45, 7) is 2.15. The quantitative estimate of drug-likeness (QED) is 0.759. The first kappa shape index (κ1) is 14.6. The minimum atomic E-state index is -0.352. The van der Waals surface area contributed by atoms with Gasteiger partial charge in [-0.05, 0) is 41.3 Å². The Labute approximate surface area is 124 Å². The largest absolute Gasteiger partial charge is 0.465 e. The van der Waals surface area contributed by atoms with Crippen molar-refractivity contribution in [2.24, 2.45) is 0 Å². The smallest absolute Gasteiger partial charge is 0.338 e. The van der Waals surface area contributed by atoms with Gasteiger partial charge in [0.15, 0.2) is 0 Å². The summed E-state index contributed by atoms with van der Waals surface area (Å²) in [5.74, 6) is -0.352. The van der Waals surface area contributed by atoms with Gasteiger partial charge in [-0.1, -0.05) is 49.2 Å². The maximum Gasteiger partial charge on any atom is 0.338 e. The summed E-state index contributed by atoms with van der Waals surface area (Å²) in [5.41, 5.74) is 3.58. The molecule has 0 bridgehead atoms. The van der Waals surface area contributed by atoms with E-state index in [9.17, 15) is 4.79 Å². The lowest BCUT2D eigenvalue weighted by molar-refractivity contribution is 0.0601. The Morgan fingerprint density at radius 2 is 1.85 bits per heavy atom. The molecule has 0 saturated heterocycles. The Morgan fingerprint density at radius 3 is 2.45 bits per heavy atom. The molecule has 0 fully saturated rings. The zero-order valence-electron chi connectivity index (χ0n) is 11.7. The SMILES string of the molecule is CCCc1ccc(-c2cc(Cl)ccc2C(=O)OC)cc1. The van der Waals surface area contributed by atoms with Crippen LogP contribution >= 0.6 is 11.6 Å². The fraction of sp³-hybridized carbons (Fsp3) is 0.235. The molecule has 0 spiro atoms. The molecule has 2 aromatic carbocycles. The minimum absolute atomic E-state index is 0.352. The van der Waals surface area contributed by atoms with Crippen molar-refractivity contribution < 1.29 is 9.53 Å². The van der Waals surface area contributed by atoms with E-state index in [1.54, 1.807) is 18.2 Å². The molecule has 2 nitrogen and oxygen atoms in total. The van der Waals surface area contributed by atoms with E-state index in [0.29, 0.717) is 10.6 Å². The summed E-state index contributed by atoms with van der Waals surface area (Å²) in [7, 11) is 1.38. The third-order valence-electron chi connectivity index (χ3n) is 3.19. The minimum Gasteiger partial charge on any atom is -0.465 e. The highest BCUT2D eigenvalue weighted by atomic mass is 35.5. The van der Waals surface area contributed by atoms with Crippen LogP contribution in [0.2, 0.25) is 5.02 Å². The van der Waals surface area contributed by atoms with Gasteiger partial charge in [-0.25, -0.2) is 4.79 Å². The van der Waals surface area contributed by atoms with Crippen molar-refractivity contribution in [3.63, 3.8) is 0 Å². The van der Waals surface area contributed by atoms with Crippen molar-refractivity contribution in [3.05, 3.63) is 58.6 Å². The van der Waals surface area contributed by atoms with Gasteiger partial charge < -0.3 is 4.74 Å². The number of esters is 1. The predicted molar refractivity (Wildman–Crippen MR) is 82.2 cm³/mol. The average molecular weight is 289 g/mol. The average Bonchev–Trinajstić information content (AvgIpc) is 2.47. The van der Waals surface area contributed by atoms with Gasteiger partial charge in [0.2, 0.25) is 0 Å². The van der Waals surface area contributed by atoms with E-state index in [1.807, 2.05) is 12.1 Å². The van der Waals surface area contributed by atoms with Crippen molar-refractivity contribution >= 4 is 17.6 Å². The molecule has 0 aliphatic heterocycles. The van der Waals surface area contributed by atoms with E-state index < -0.39 is 0 Å². The maximum absolute atomic E-state index is 11.8. The van der Waals surface area contributed by atoms with Crippen molar-refractivity contribution in [2.45, 2.75) is 19.8 Å². The normalized spacial score (nSPS) is 10.3. The summed E-state index contributed by atoms with van der Waals surface area (Å²) >= 11 is 6.04. The van der Waals surface area contributed by atoms with E-state index in [4.69, 9.17) is 16.3 Å². The molecule has 0 aromatic heterocycles. The number of hydrogen-bond donors (Lipinski definition) is 0. The molecule has 3 heteroatoms. The maximum atomic E-state index is 11.8. The number of methoxy groups -OCH3 is 1. The van der Waals surface area contributed by atoms with Crippen LogP contribution in [0.15, 0.2) is 42.5 Å². The lowest BCUT2D eigenvalue weighted by atomic mass is 9.98. The highest BCUT2D eigenvalue weighted by Gasteiger charge is 2.13. The number of benzene rings is 2. The van der Waals surface area contributed by atoms with Crippen LogP contribution in [0.1, 0.15) is 29.3 Å². The molecule has 0 N–H and O–H groups in total. The predicted octanol–water partition coefficient (Wildman–Crippen LogP) is 4.75. The molecule has 0 aliphatic rings. The number of carbonyl (C=O) groups is 1. The molecular formula is C17H17ClO2. The van der Waals surface area contributed by atoms with Crippen LogP contribution in [0.3, 0.4) is 0 Å². The highest BCUT2D eigenvalue weighted by Crippen LogP contribution is 2.28. The van der Waals surface area contributed by atoms with Crippen molar-refractivity contribution in [3.8, 4) is 11.1 Å². The molecule has 0 radical (unpaired) electrons. The first-order valence-electron chi connectivity index (χ1n) is 6.63. The number of aryl methyl sites for hydroxylation is 1. The molecule has 0 saturated carbocycles. The van der Waals surface area contributed by atoms with E-state index in [1.165, 1.54) is 12.7 Å². The van der Waals surface area contributed by atoms with E-state index in [0.717, 1.165) is 24.0 Å². The number of rotatable bonds is 4. The second-order valence-corrected chi connectivity index (χ2v) is 5.06. The Balaban J connectivity index is 2.45. The lowest BCUT2D eigenvalue weighted by Gasteiger charge is -2.09. The fourth-order valence-corrected chi connectivity index (χ4v) is 2.36. The van der Waals surface area contributed by atoms with Gasteiger partial charge >= 0.3 is 5.97 Å². The van der Waals surface area contributed by atoms with Gasteiger partial charge in [-0.3, -0.25) is 0 Å². The van der Waals surface area contributed by atoms with Gasteiger partial charge in [0.05, 0.1) is 12.7 Å². The van der Waals surface area contributed by atoms with Crippen LogP contribution in [0.4, 0.5) is 0 Å². The van der Waals surface area contributed by atoms with Gasteiger partial charge in [0.1, 0.15) is 0 Å². The Bertz CT molecular complexity index is 603. The molecule has 0 aliphatic carbocycles. The molecule has 20 heavy (non-hydrogen) atoms. The highest BCUT2D eigenvalue weighted by molar-refractivity contribution is 6.31. The molecule has 0 unspecified atom stereocenters. The lowest BCUT2D eigenvalue weighted by Crippen LogP contribution is -2.03. The molecule has 104 valence electrons. The third-order valence-corrected chi connectivity index (χ3v) is 3.43. The zero-order valence-corrected chi connectivity index (χ0v) is 12.4. The Morgan fingerprint density at radius 1 is 1.15 bits per heavy atom. The zero-order chi connectivity index (χ0) is 14.5. The first-order valence-corrected chi connectivity index (χ1v) is 7.00. The molecule has 0 atom stereocenters. The van der Waals surface area contributed by atoms with Crippen molar-refractivity contribution in [1.82, 2.24) is 0 Å². The summed E-state index contributed by atoms with van der Waals surface area (Å²) in [6.07, 6.45) is 2.17. The second-order valence-electron chi connectivity index (χ2n) is 4.63. The van der Waals surface area contributed by atoms with Gasteiger partial charge in [0.25, 0.3) is 0 Å². The number of hydrogen-bond acceptors (Lipinski definition) is 2. The monoisotopic (exact) mass is 288 g/mol. The van der Waals surface area contributed by atoms with Crippen LogP contribution < -0.4 is 0 Å². The molecule has 2 rings (SSSR count). The summed E-state index contributed by atoms with van der Waals surface area (Å²) < 4.78 is 4.82. The van der Waals surface area contributed by atoms with Gasteiger partial charge in [-0.2, -0.15) is 0 Å². The Kier molecular flexibility index (Phi) is 4.80. The summed E-state index contributed by atoms with van der Waals surface area (Å²) in [6, 6.07) is 13.4. The molecule has 0 amide bonds. The van der Waals surface area contributed by atoms with Crippen LogP contribution in [0, 0.1) is 0 Å². The van der Waals surface area contributed by atoms with Gasteiger partial charge in [-0.15, -0.1) is 0 Å². The van der Waals surface area contributed by atoms with E-state index >= 15 is 0 Å². The number of halogens is 1. The topological polar surface area (TPSA) is 26.3 Å². The summed E-state index contributed by atoms with van der Waals surface area (Å²) in [5, 5.41) is 0.602. The molecular weight excluding hydrogens is 272 g/mol. The van der Waals surface area contributed by atoms with Crippen LogP contribution in [0.5, 0.6) is 0 Å². The number of carbonyl (C=O) groups excluding carboxylic acids is 1. The van der Waals surface area contributed by atoms with E-state index in [-0.39, 0.29) is 5.97 Å². The van der Waals surface area contributed by atoms with Crippen LogP contribution in [-0.4, -0.2) is 13.1 Å². The van der Waals surface area contributed by atoms with Crippen LogP contribution in [-0.2, 0) is 11.2 Å². The van der Waals surface area contributed by atoms with Crippen molar-refractivity contribution in [1.29, 1.82) is 0 Å². The summed E-state index contributed by atoms with van der Waals surface area (Å²) in [4.78, 5) is 11.8. The Hall–Kier alpha value is -1.80. The standard InChI is InChI=1S/C17H17ClO2/c1-3-4-12-5-7-13(8-6-12)16-11-14(18)9-10-15(16)17(19)20-2/h5-11H,3-4H2,1-2H3. The second kappa shape index (κ2) is 6.58. The van der Waals surface area contributed by atoms with E-state index in [2.05, 4.69) is 19.1 Å². The van der Waals surface area contributed by atoms with Gasteiger partial charge in [0, 0.05) is 5.02 Å². The third kappa shape index (κ3) is 3.20.